The fourth-order valence-corrected chi connectivity index (χ4v) is 3.13. The van der Waals surface area contributed by atoms with Crippen LogP contribution in [0, 0.1) is 0 Å². The summed E-state index contributed by atoms with van der Waals surface area (Å²) in [6.45, 7) is 4.85. The fraction of sp³-hybridized carbons (Fsp3) is 0.500. The normalized spacial score (nSPS) is 18.0. The van der Waals surface area contributed by atoms with E-state index in [1.165, 1.54) is 6.26 Å². The molecule has 2 heterocycles. The van der Waals surface area contributed by atoms with Crippen molar-refractivity contribution >= 4 is 16.9 Å². The molecule has 6 nitrogen and oxygen atoms in total. The molecule has 1 unspecified atom stereocenters. The highest BCUT2D eigenvalue weighted by atomic mass is 16.3. The molecule has 1 aromatic carbocycles. The number of fused-ring (bicyclic) bond motifs is 1. The first-order valence-electron chi connectivity index (χ1n) is 8.35. The van der Waals surface area contributed by atoms with Crippen molar-refractivity contribution in [2.24, 2.45) is 0 Å². The van der Waals surface area contributed by atoms with Crippen LogP contribution in [0.15, 0.2) is 34.9 Å². The maximum absolute atomic E-state index is 12.6. The van der Waals surface area contributed by atoms with Gasteiger partial charge in [0.1, 0.15) is 11.8 Å². The van der Waals surface area contributed by atoms with E-state index in [0.29, 0.717) is 24.2 Å². The van der Waals surface area contributed by atoms with E-state index in [1.807, 2.05) is 24.3 Å². The monoisotopic (exact) mass is 331 g/mol. The number of carbonyl (C=O) groups is 1. The van der Waals surface area contributed by atoms with Crippen LogP contribution < -0.4 is 0 Å². The molecular formula is C18H25N3O3. The number of furan rings is 1. The van der Waals surface area contributed by atoms with Crippen LogP contribution in [0.1, 0.15) is 10.4 Å². The zero-order valence-electron chi connectivity index (χ0n) is 14.3. The highest BCUT2D eigenvalue weighted by molar-refractivity contribution is 6.05. The number of hydrogen-bond acceptors (Lipinski definition) is 5. The Morgan fingerprint density at radius 2 is 2.00 bits per heavy atom. The summed E-state index contributed by atoms with van der Waals surface area (Å²) >= 11 is 0. The molecule has 1 amide bonds. The number of likely N-dealkylation sites (N-methyl/N-ethyl adjacent to an activating group) is 2. The van der Waals surface area contributed by atoms with Gasteiger partial charge in [-0.05, 0) is 13.1 Å². The number of aliphatic hydroxyl groups excluding tert-OH is 1. The second-order valence-electron chi connectivity index (χ2n) is 6.59. The van der Waals surface area contributed by atoms with E-state index in [1.54, 1.807) is 11.9 Å². The topological polar surface area (TPSA) is 60.2 Å². The average molecular weight is 331 g/mol. The van der Waals surface area contributed by atoms with Crippen LogP contribution in [-0.4, -0.2) is 85.2 Å². The molecule has 0 aliphatic carbocycles. The standard InChI is InChI=1S/C18H25N3O3/c1-19-7-9-21(10-8-19)12-14(22)11-20(2)18(23)16-13-24-17-6-4-3-5-15(16)17/h3-6,13-14,22H,7-12H2,1-2H3. The third kappa shape index (κ3) is 3.77. The van der Waals surface area contributed by atoms with Crippen LogP contribution in [0.2, 0.25) is 0 Å². The average Bonchev–Trinajstić information content (AvgIpc) is 3.00. The van der Waals surface area contributed by atoms with E-state index in [2.05, 4.69) is 16.8 Å². The van der Waals surface area contributed by atoms with Crippen molar-refractivity contribution in [3.63, 3.8) is 0 Å². The lowest BCUT2D eigenvalue weighted by atomic mass is 10.1. The van der Waals surface area contributed by atoms with Crippen molar-refractivity contribution < 1.29 is 14.3 Å². The lowest BCUT2D eigenvalue weighted by molar-refractivity contribution is 0.0502. The number of hydrogen-bond donors (Lipinski definition) is 1. The summed E-state index contributed by atoms with van der Waals surface area (Å²) in [5, 5.41) is 11.1. The molecule has 6 heteroatoms. The van der Waals surface area contributed by atoms with Gasteiger partial charge in [-0.15, -0.1) is 0 Å². The number of benzene rings is 1. The van der Waals surface area contributed by atoms with Gasteiger partial charge in [0.25, 0.3) is 5.91 Å². The number of aliphatic hydroxyl groups is 1. The number of carbonyl (C=O) groups excluding carboxylic acids is 1. The SMILES string of the molecule is CN1CCN(CC(O)CN(C)C(=O)c2coc3ccccc23)CC1. The van der Waals surface area contributed by atoms with Gasteiger partial charge in [0.05, 0.1) is 11.7 Å². The van der Waals surface area contributed by atoms with Gasteiger partial charge in [-0.3, -0.25) is 9.69 Å². The van der Waals surface area contributed by atoms with Gasteiger partial charge in [0.15, 0.2) is 0 Å². The maximum Gasteiger partial charge on any atom is 0.257 e. The Morgan fingerprint density at radius 3 is 2.75 bits per heavy atom. The van der Waals surface area contributed by atoms with Crippen molar-refractivity contribution in [3.8, 4) is 0 Å². The van der Waals surface area contributed by atoms with Crippen LogP contribution in [0.5, 0.6) is 0 Å². The van der Waals surface area contributed by atoms with E-state index in [0.717, 1.165) is 31.6 Å². The Kier molecular flexibility index (Phi) is 5.18. The van der Waals surface area contributed by atoms with Crippen LogP contribution in [0.3, 0.4) is 0 Å². The lowest BCUT2D eigenvalue weighted by Crippen LogP contribution is -2.48. The molecule has 1 saturated heterocycles. The van der Waals surface area contributed by atoms with Crippen LogP contribution in [0.25, 0.3) is 11.0 Å². The minimum Gasteiger partial charge on any atom is -0.463 e. The molecule has 1 aromatic heterocycles. The Labute approximate surface area is 142 Å². The molecular weight excluding hydrogens is 306 g/mol. The third-order valence-electron chi connectivity index (χ3n) is 4.61. The first-order chi connectivity index (χ1) is 11.5. The Bertz CT molecular complexity index is 692. The molecule has 1 atom stereocenters. The lowest BCUT2D eigenvalue weighted by Gasteiger charge is -2.34. The van der Waals surface area contributed by atoms with Gasteiger partial charge in [0.2, 0.25) is 0 Å². The van der Waals surface area contributed by atoms with Crippen LogP contribution in [-0.2, 0) is 0 Å². The zero-order valence-corrected chi connectivity index (χ0v) is 14.3. The molecule has 0 bridgehead atoms. The van der Waals surface area contributed by atoms with Gasteiger partial charge >= 0.3 is 0 Å². The molecule has 2 aromatic rings. The molecule has 1 fully saturated rings. The Morgan fingerprint density at radius 1 is 1.29 bits per heavy atom. The summed E-state index contributed by atoms with van der Waals surface area (Å²) in [4.78, 5) is 18.7. The summed E-state index contributed by atoms with van der Waals surface area (Å²) in [7, 11) is 3.83. The Hall–Kier alpha value is -1.89. The van der Waals surface area contributed by atoms with E-state index >= 15 is 0 Å². The van der Waals surface area contributed by atoms with E-state index in [-0.39, 0.29) is 5.91 Å². The number of piperazine rings is 1. The predicted octanol–water partition coefficient (Wildman–Crippen LogP) is 1.11. The Balaban J connectivity index is 1.57. The molecule has 24 heavy (non-hydrogen) atoms. The first-order valence-corrected chi connectivity index (χ1v) is 8.35. The van der Waals surface area contributed by atoms with E-state index < -0.39 is 6.10 Å². The van der Waals surface area contributed by atoms with Gasteiger partial charge in [0, 0.05) is 51.7 Å². The smallest absolute Gasteiger partial charge is 0.257 e. The molecule has 0 saturated carbocycles. The largest absolute Gasteiger partial charge is 0.463 e. The molecule has 0 spiro atoms. The van der Waals surface area contributed by atoms with Gasteiger partial charge < -0.3 is 19.3 Å². The van der Waals surface area contributed by atoms with E-state index in [4.69, 9.17) is 4.42 Å². The number of amides is 1. The first kappa shape index (κ1) is 17.0. The maximum atomic E-state index is 12.6. The number of β-amino-alcohol motifs (C(OH)–C–C–N with tert-alkyl or cyclic N) is 1. The van der Waals surface area contributed by atoms with Crippen LogP contribution >= 0.6 is 0 Å². The second-order valence-corrected chi connectivity index (χ2v) is 6.59. The van der Waals surface area contributed by atoms with Gasteiger partial charge in [-0.2, -0.15) is 0 Å². The summed E-state index contributed by atoms with van der Waals surface area (Å²) in [5.74, 6) is -0.127. The second kappa shape index (κ2) is 7.34. The van der Waals surface area contributed by atoms with Crippen molar-refractivity contribution in [2.45, 2.75) is 6.10 Å². The van der Waals surface area contributed by atoms with Crippen molar-refractivity contribution in [1.29, 1.82) is 0 Å². The minimum atomic E-state index is -0.555. The number of rotatable bonds is 5. The number of para-hydroxylation sites is 1. The van der Waals surface area contributed by atoms with Gasteiger partial charge in [-0.25, -0.2) is 0 Å². The molecule has 1 aliphatic rings. The summed E-state index contributed by atoms with van der Waals surface area (Å²) in [6, 6.07) is 7.48. The predicted molar refractivity (Wildman–Crippen MR) is 93.1 cm³/mol. The molecule has 1 N–H and O–H groups in total. The quantitative estimate of drug-likeness (QED) is 0.889. The van der Waals surface area contributed by atoms with Crippen molar-refractivity contribution in [3.05, 3.63) is 36.1 Å². The molecule has 1 aliphatic heterocycles. The summed E-state index contributed by atoms with van der Waals surface area (Å²) in [6.07, 6.45) is 0.941. The summed E-state index contributed by atoms with van der Waals surface area (Å²) < 4.78 is 5.43. The zero-order chi connectivity index (χ0) is 17.1. The van der Waals surface area contributed by atoms with Gasteiger partial charge in [-0.1, -0.05) is 18.2 Å². The highest BCUT2D eigenvalue weighted by Crippen LogP contribution is 2.21. The summed E-state index contributed by atoms with van der Waals surface area (Å²) in [5.41, 5.74) is 1.24. The molecule has 3 rings (SSSR count). The number of nitrogens with zero attached hydrogens (tertiary/aromatic N) is 3. The van der Waals surface area contributed by atoms with E-state index in [9.17, 15) is 9.90 Å². The van der Waals surface area contributed by atoms with Crippen molar-refractivity contribution in [1.82, 2.24) is 14.7 Å². The minimum absolute atomic E-state index is 0.127. The molecule has 130 valence electrons. The third-order valence-corrected chi connectivity index (χ3v) is 4.61. The van der Waals surface area contributed by atoms with Crippen LogP contribution in [0.4, 0.5) is 0 Å². The van der Waals surface area contributed by atoms with Crippen molar-refractivity contribution in [2.75, 3.05) is 53.4 Å². The molecule has 0 radical (unpaired) electrons. The fourth-order valence-electron chi connectivity index (χ4n) is 3.13. The highest BCUT2D eigenvalue weighted by Gasteiger charge is 2.22.